The molecule has 0 aliphatic carbocycles. The Morgan fingerprint density at radius 3 is 2.69 bits per heavy atom. The van der Waals surface area contributed by atoms with Crippen LogP contribution in [0.15, 0.2) is 52.1 Å². The lowest BCUT2D eigenvalue weighted by atomic mass is 9.84. The molecule has 0 saturated carbocycles. The predicted octanol–water partition coefficient (Wildman–Crippen LogP) is 5.51. The number of methoxy groups -OCH3 is 2. The van der Waals surface area contributed by atoms with E-state index < -0.39 is 0 Å². The lowest BCUT2D eigenvalue weighted by Crippen LogP contribution is -2.39. The van der Waals surface area contributed by atoms with Gasteiger partial charge in [-0.25, -0.2) is 0 Å². The number of nitrogens with zero attached hydrogens (tertiary/aromatic N) is 1. The summed E-state index contributed by atoms with van der Waals surface area (Å²) in [5.41, 5.74) is 5.52. The number of hydrogen-bond acceptors (Lipinski definition) is 6. The maximum atomic E-state index is 6.05. The van der Waals surface area contributed by atoms with E-state index in [0.717, 1.165) is 47.4 Å². The van der Waals surface area contributed by atoms with E-state index in [1.165, 1.54) is 34.3 Å². The Kier molecular flexibility index (Phi) is 5.16. The minimum atomic E-state index is 0.406. The quantitative estimate of drug-likeness (QED) is 0.503. The van der Waals surface area contributed by atoms with Crippen molar-refractivity contribution in [1.82, 2.24) is 4.90 Å². The highest BCUT2D eigenvalue weighted by Crippen LogP contribution is 2.43. The van der Waals surface area contributed by atoms with Gasteiger partial charge in [0.2, 0.25) is 0 Å². The summed E-state index contributed by atoms with van der Waals surface area (Å²) >= 11 is 3.06. The first kappa shape index (κ1) is 18.9. The lowest BCUT2D eigenvalue weighted by molar-refractivity contribution is 0.160. The number of fused-ring (bicyclic) bond motifs is 4. The maximum Gasteiger partial charge on any atom is 0.180 e. The fourth-order valence-corrected chi connectivity index (χ4v) is 5.64. The molecular weight excluding hydrogens is 402 g/mol. The molecule has 6 heteroatoms. The Morgan fingerprint density at radius 2 is 1.90 bits per heavy atom. The van der Waals surface area contributed by atoms with E-state index in [1.807, 2.05) is 6.07 Å². The van der Waals surface area contributed by atoms with Crippen molar-refractivity contribution >= 4 is 23.4 Å². The number of benzene rings is 2. The van der Waals surface area contributed by atoms with E-state index in [0.29, 0.717) is 6.04 Å². The average Bonchev–Trinajstić information content (AvgIpc) is 3.28. The van der Waals surface area contributed by atoms with Crippen LogP contribution in [0.2, 0.25) is 0 Å². The van der Waals surface area contributed by atoms with E-state index in [1.54, 1.807) is 25.6 Å². The molecule has 29 heavy (non-hydrogen) atoms. The van der Waals surface area contributed by atoms with Crippen molar-refractivity contribution in [3.05, 3.63) is 70.1 Å². The van der Waals surface area contributed by atoms with Crippen molar-refractivity contribution in [2.75, 3.05) is 20.8 Å². The molecule has 0 radical (unpaired) electrons. The Morgan fingerprint density at radius 1 is 1.00 bits per heavy atom. The zero-order valence-electron chi connectivity index (χ0n) is 16.5. The SMILES string of the molecule is COc1ccc2c(c1)CCN1Cc3cc(OC)c(OSc4cccs4)cc3CC21. The Balaban J connectivity index is 1.44. The zero-order valence-corrected chi connectivity index (χ0v) is 18.1. The van der Waals surface area contributed by atoms with Crippen LogP contribution in [0.3, 0.4) is 0 Å². The third kappa shape index (κ3) is 3.61. The molecular formula is C23H23NO3S2. The smallest absolute Gasteiger partial charge is 0.180 e. The molecule has 0 amide bonds. The number of ether oxygens (including phenoxy) is 2. The van der Waals surface area contributed by atoms with Gasteiger partial charge in [0.15, 0.2) is 11.5 Å². The number of thiophene rings is 1. The lowest BCUT2D eigenvalue weighted by Gasteiger charge is -2.41. The second-order valence-corrected chi connectivity index (χ2v) is 9.35. The summed E-state index contributed by atoms with van der Waals surface area (Å²) in [6, 6.07) is 15.3. The Labute approximate surface area is 179 Å². The van der Waals surface area contributed by atoms with Gasteiger partial charge in [0.05, 0.1) is 14.2 Å². The summed E-state index contributed by atoms with van der Waals surface area (Å²) in [5.74, 6) is 2.54. The molecule has 1 aromatic heterocycles. The molecule has 2 aromatic carbocycles. The van der Waals surface area contributed by atoms with Gasteiger partial charge in [-0.2, -0.15) is 0 Å². The van der Waals surface area contributed by atoms with Crippen LogP contribution in [0.4, 0.5) is 0 Å². The minimum Gasteiger partial charge on any atom is -0.497 e. The van der Waals surface area contributed by atoms with Crippen LogP contribution in [0.1, 0.15) is 28.3 Å². The van der Waals surface area contributed by atoms with Crippen LogP contribution in [-0.4, -0.2) is 25.7 Å². The maximum absolute atomic E-state index is 6.05. The van der Waals surface area contributed by atoms with Crippen LogP contribution in [0.25, 0.3) is 0 Å². The van der Waals surface area contributed by atoms with Crippen molar-refractivity contribution < 1.29 is 13.7 Å². The first-order chi connectivity index (χ1) is 14.2. The molecule has 2 aliphatic rings. The summed E-state index contributed by atoms with van der Waals surface area (Å²) in [6.07, 6.45) is 2.05. The van der Waals surface area contributed by atoms with Gasteiger partial charge in [-0.1, -0.05) is 12.1 Å². The zero-order chi connectivity index (χ0) is 19.8. The van der Waals surface area contributed by atoms with Crippen molar-refractivity contribution in [3.8, 4) is 17.2 Å². The molecule has 150 valence electrons. The second kappa shape index (κ2) is 7.94. The highest BCUT2D eigenvalue weighted by molar-refractivity contribution is 7.97. The number of hydrogen-bond donors (Lipinski definition) is 0. The van der Waals surface area contributed by atoms with E-state index in [4.69, 9.17) is 13.7 Å². The van der Waals surface area contributed by atoms with Gasteiger partial charge < -0.3 is 13.7 Å². The monoisotopic (exact) mass is 425 g/mol. The normalized spacial score (nSPS) is 17.8. The molecule has 5 rings (SSSR count). The molecule has 4 nitrogen and oxygen atoms in total. The fourth-order valence-electron chi connectivity index (χ4n) is 4.33. The summed E-state index contributed by atoms with van der Waals surface area (Å²) in [7, 11) is 3.44. The first-order valence-electron chi connectivity index (χ1n) is 9.74. The van der Waals surface area contributed by atoms with Gasteiger partial charge in [-0.15, -0.1) is 11.3 Å². The molecule has 2 aliphatic heterocycles. The largest absolute Gasteiger partial charge is 0.497 e. The molecule has 3 aromatic rings. The van der Waals surface area contributed by atoms with Gasteiger partial charge in [0.25, 0.3) is 0 Å². The van der Waals surface area contributed by atoms with E-state index in [-0.39, 0.29) is 0 Å². The average molecular weight is 426 g/mol. The van der Waals surface area contributed by atoms with E-state index in [9.17, 15) is 0 Å². The molecule has 3 heterocycles. The van der Waals surface area contributed by atoms with Gasteiger partial charge >= 0.3 is 0 Å². The van der Waals surface area contributed by atoms with Crippen molar-refractivity contribution in [2.45, 2.75) is 29.6 Å². The van der Waals surface area contributed by atoms with E-state index >= 15 is 0 Å². The summed E-state index contributed by atoms with van der Waals surface area (Å²) in [5, 5.41) is 2.06. The molecule has 0 spiro atoms. The third-order valence-corrected chi connectivity index (χ3v) is 7.52. The first-order valence-corrected chi connectivity index (χ1v) is 11.4. The topological polar surface area (TPSA) is 30.9 Å². The van der Waals surface area contributed by atoms with Crippen molar-refractivity contribution in [2.24, 2.45) is 0 Å². The highest BCUT2D eigenvalue weighted by atomic mass is 32.2. The van der Waals surface area contributed by atoms with Gasteiger partial charge in [0, 0.05) is 19.1 Å². The fraction of sp³-hybridized carbons (Fsp3) is 0.304. The van der Waals surface area contributed by atoms with Crippen LogP contribution in [-0.2, 0) is 19.4 Å². The standard InChI is InChI=1S/C23H23NO3S2/c1-25-18-5-6-19-15(10-18)7-8-24-14-17-13-21(26-2)22(12-16(17)11-20(19)24)27-29-23-4-3-9-28-23/h3-6,9-10,12-13,20H,7-8,11,14H2,1-2H3. The highest BCUT2D eigenvalue weighted by Gasteiger charge is 2.33. The van der Waals surface area contributed by atoms with Gasteiger partial charge in [-0.3, -0.25) is 4.90 Å². The molecule has 1 unspecified atom stereocenters. The number of rotatable bonds is 5. The van der Waals surface area contributed by atoms with E-state index in [2.05, 4.69) is 46.7 Å². The molecule has 0 bridgehead atoms. The van der Waals surface area contributed by atoms with Crippen LogP contribution in [0.5, 0.6) is 17.2 Å². The van der Waals surface area contributed by atoms with Crippen molar-refractivity contribution in [1.29, 1.82) is 0 Å². The second-order valence-electron chi connectivity index (χ2n) is 7.38. The van der Waals surface area contributed by atoms with Crippen LogP contribution >= 0.6 is 23.4 Å². The molecule has 1 atom stereocenters. The molecule has 0 N–H and O–H groups in total. The van der Waals surface area contributed by atoms with Crippen LogP contribution in [0, 0.1) is 0 Å². The summed E-state index contributed by atoms with van der Waals surface area (Å²) in [4.78, 5) is 2.58. The Hall–Kier alpha value is -2.15. The third-order valence-electron chi connectivity index (χ3n) is 5.80. The van der Waals surface area contributed by atoms with Crippen molar-refractivity contribution in [3.63, 3.8) is 0 Å². The molecule has 0 saturated heterocycles. The Bertz CT molecular complexity index is 1020. The summed E-state index contributed by atoms with van der Waals surface area (Å²) in [6.45, 7) is 2.01. The van der Waals surface area contributed by atoms with Gasteiger partial charge in [-0.05, 0) is 70.8 Å². The predicted molar refractivity (Wildman–Crippen MR) is 117 cm³/mol. The minimum absolute atomic E-state index is 0.406. The summed E-state index contributed by atoms with van der Waals surface area (Å²) < 4.78 is 18.2. The van der Waals surface area contributed by atoms with Gasteiger partial charge in [0.1, 0.15) is 22.0 Å². The van der Waals surface area contributed by atoms with Crippen LogP contribution < -0.4 is 13.7 Å². The molecule has 0 fully saturated rings.